The molecule has 2 fully saturated rings. The van der Waals surface area contributed by atoms with Crippen LogP contribution in [0.5, 0.6) is 0 Å². The zero-order valence-electron chi connectivity index (χ0n) is 25.4. The molecule has 4 atom stereocenters. The zero-order chi connectivity index (χ0) is 28.9. The maximum Gasteiger partial charge on any atom is 0.323 e. The van der Waals surface area contributed by atoms with Crippen molar-refractivity contribution in [2.45, 2.75) is 116 Å². The van der Waals surface area contributed by atoms with Gasteiger partial charge >= 0.3 is 5.97 Å². The maximum atomic E-state index is 14.4. The van der Waals surface area contributed by atoms with Gasteiger partial charge in [-0.05, 0) is 112 Å². The van der Waals surface area contributed by atoms with E-state index in [0.29, 0.717) is 19.4 Å². The van der Waals surface area contributed by atoms with Crippen molar-refractivity contribution in [2.24, 2.45) is 11.3 Å². The summed E-state index contributed by atoms with van der Waals surface area (Å²) in [6, 6.07) is 7.04. The number of aryl methyl sites for hydroxylation is 2. The molecule has 0 radical (unpaired) electrons. The molecule has 0 bridgehead atoms. The third-order valence-corrected chi connectivity index (χ3v) is 10.4. The first-order chi connectivity index (χ1) is 18.9. The minimum absolute atomic E-state index is 0.0168. The number of aromatic nitrogens is 2. The van der Waals surface area contributed by atoms with Crippen LogP contribution in [0, 0.1) is 17.2 Å². The molecule has 2 aliphatic carbocycles. The van der Waals surface area contributed by atoms with Crippen LogP contribution in [0.15, 0.2) is 24.3 Å². The van der Waals surface area contributed by atoms with Crippen molar-refractivity contribution >= 4 is 5.97 Å². The molecule has 2 N–H and O–H groups in total. The van der Waals surface area contributed by atoms with Crippen LogP contribution in [-0.2, 0) is 29.6 Å². The largest absolute Gasteiger partial charge is 0.480 e. The van der Waals surface area contributed by atoms with Crippen molar-refractivity contribution < 1.29 is 14.3 Å². The summed E-state index contributed by atoms with van der Waals surface area (Å²) in [5, 5.41) is 19.0. The Morgan fingerprint density at radius 2 is 1.93 bits per heavy atom. The number of halogens is 1. The van der Waals surface area contributed by atoms with Gasteiger partial charge in [0.15, 0.2) is 0 Å². The van der Waals surface area contributed by atoms with Crippen LogP contribution in [-0.4, -0.2) is 57.0 Å². The van der Waals surface area contributed by atoms with E-state index in [-0.39, 0.29) is 34.5 Å². The highest BCUT2D eigenvalue weighted by Gasteiger charge is 2.54. The van der Waals surface area contributed by atoms with Crippen molar-refractivity contribution in [2.75, 3.05) is 19.6 Å². The number of hydrogen-bond donors (Lipinski definition) is 2. The minimum atomic E-state index is -1.01. The zero-order valence-corrected chi connectivity index (χ0v) is 25.4. The van der Waals surface area contributed by atoms with Gasteiger partial charge in [-0.3, -0.25) is 9.48 Å². The fourth-order valence-electron chi connectivity index (χ4n) is 8.11. The van der Waals surface area contributed by atoms with Crippen molar-refractivity contribution in [3.8, 4) is 0 Å². The molecular weight excluding hydrogens is 503 g/mol. The van der Waals surface area contributed by atoms with E-state index in [4.69, 9.17) is 5.10 Å². The molecule has 1 spiro atoms. The number of nitrogens with one attached hydrogen (secondary N) is 1. The summed E-state index contributed by atoms with van der Waals surface area (Å²) in [4.78, 5) is 15.4. The second-order valence-electron chi connectivity index (χ2n) is 14.0. The van der Waals surface area contributed by atoms with Gasteiger partial charge < -0.3 is 15.3 Å². The first-order valence-corrected chi connectivity index (χ1v) is 15.5. The molecule has 1 saturated carbocycles. The van der Waals surface area contributed by atoms with Gasteiger partial charge in [-0.2, -0.15) is 5.10 Å². The number of benzene rings is 1. The monoisotopic (exact) mass is 552 g/mol. The Morgan fingerprint density at radius 1 is 1.20 bits per heavy atom. The van der Waals surface area contributed by atoms with E-state index < -0.39 is 11.5 Å². The quantitative estimate of drug-likeness (QED) is 0.425. The number of aliphatic carboxylic acids is 1. The Morgan fingerprint density at radius 3 is 2.52 bits per heavy atom. The summed E-state index contributed by atoms with van der Waals surface area (Å²) in [6.45, 7) is 16.6. The molecule has 1 aromatic heterocycles. The molecule has 0 amide bonds. The molecule has 3 aliphatic rings. The topological polar surface area (TPSA) is 70.4 Å². The molecule has 2 aromatic rings. The van der Waals surface area contributed by atoms with Crippen LogP contribution in [0.1, 0.15) is 102 Å². The molecule has 1 aromatic carbocycles. The molecule has 40 heavy (non-hydrogen) atoms. The van der Waals surface area contributed by atoms with E-state index in [1.54, 1.807) is 12.1 Å². The SMILES string of the molecule is CCc1nn(CC)c2c1CCC21CCN([C@H](C)[C@H]2CC(NCC(C)(C)C)(C(=O)O)C[C@@H]2c2cccc(F)c2)CC1. The molecular formula is C33H49FN4O2. The van der Waals surface area contributed by atoms with Gasteiger partial charge in [0.1, 0.15) is 11.4 Å². The van der Waals surface area contributed by atoms with Crippen LogP contribution < -0.4 is 5.32 Å². The standard InChI is InChI=1S/C33H49FN4O2/c1-7-28-25-12-13-32(29(25)38(8-2)36-28)14-16-37(17-15-32)22(3)26-19-33(30(39)40,35-21-31(4,5)6)20-27(26)23-10-9-11-24(34)18-23/h9-11,18,22,26-27,35H,7-8,12-17,19-21H2,1-6H3,(H,39,40)/t22-,26-,27-,33?/m1/s1. The number of carboxylic acid groups (broad SMARTS) is 1. The molecule has 6 nitrogen and oxygen atoms in total. The Balaban J connectivity index is 1.39. The first-order valence-electron chi connectivity index (χ1n) is 15.5. The molecule has 220 valence electrons. The molecule has 2 heterocycles. The number of carbonyl (C=O) groups is 1. The number of rotatable bonds is 8. The van der Waals surface area contributed by atoms with Gasteiger partial charge in [0.25, 0.3) is 0 Å². The number of carboxylic acids is 1. The summed E-state index contributed by atoms with van der Waals surface area (Å²) >= 11 is 0. The highest BCUT2D eigenvalue weighted by molar-refractivity contribution is 5.79. The van der Waals surface area contributed by atoms with E-state index >= 15 is 0 Å². The molecule has 1 unspecified atom stereocenters. The van der Waals surface area contributed by atoms with E-state index in [1.165, 1.54) is 29.4 Å². The van der Waals surface area contributed by atoms with Gasteiger partial charge in [-0.25, -0.2) is 4.39 Å². The number of likely N-dealkylation sites (tertiary alicyclic amines) is 1. The number of hydrogen-bond acceptors (Lipinski definition) is 4. The lowest BCUT2D eigenvalue weighted by Gasteiger charge is -2.44. The Bertz CT molecular complexity index is 1230. The maximum absolute atomic E-state index is 14.4. The lowest BCUT2D eigenvalue weighted by molar-refractivity contribution is -0.145. The Kier molecular flexibility index (Phi) is 7.94. The summed E-state index contributed by atoms with van der Waals surface area (Å²) < 4.78 is 16.7. The Hall–Kier alpha value is -2.25. The van der Waals surface area contributed by atoms with Crippen molar-refractivity contribution in [1.29, 1.82) is 0 Å². The summed E-state index contributed by atoms with van der Waals surface area (Å²) in [6.07, 6.45) is 6.60. The second kappa shape index (κ2) is 10.9. The van der Waals surface area contributed by atoms with Crippen molar-refractivity contribution in [3.63, 3.8) is 0 Å². The van der Waals surface area contributed by atoms with Crippen LogP contribution >= 0.6 is 0 Å². The third kappa shape index (κ3) is 5.24. The van der Waals surface area contributed by atoms with E-state index in [1.807, 2.05) is 6.07 Å². The number of fused-ring (bicyclic) bond motifs is 2. The van der Waals surface area contributed by atoms with Gasteiger partial charge in [0, 0.05) is 30.2 Å². The molecule has 1 aliphatic heterocycles. The van der Waals surface area contributed by atoms with Crippen LogP contribution in [0.2, 0.25) is 0 Å². The normalized spacial score (nSPS) is 27.3. The number of nitrogens with zero attached hydrogens (tertiary/aromatic N) is 3. The van der Waals surface area contributed by atoms with Gasteiger partial charge in [-0.15, -0.1) is 0 Å². The van der Waals surface area contributed by atoms with Gasteiger partial charge in [0.2, 0.25) is 0 Å². The fourth-order valence-corrected chi connectivity index (χ4v) is 8.11. The van der Waals surface area contributed by atoms with Gasteiger partial charge in [-0.1, -0.05) is 39.8 Å². The lowest BCUT2D eigenvalue weighted by Crippen LogP contribution is -2.53. The summed E-state index contributed by atoms with van der Waals surface area (Å²) in [7, 11) is 0. The van der Waals surface area contributed by atoms with Crippen LogP contribution in [0.4, 0.5) is 4.39 Å². The third-order valence-electron chi connectivity index (χ3n) is 10.4. The second-order valence-corrected chi connectivity index (χ2v) is 14.0. The predicted molar refractivity (Wildman–Crippen MR) is 157 cm³/mol. The average Bonchev–Trinajstić information content (AvgIpc) is 3.60. The molecule has 7 heteroatoms. The number of piperidine rings is 1. The van der Waals surface area contributed by atoms with Gasteiger partial charge in [0.05, 0.1) is 5.69 Å². The van der Waals surface area contributed by atoms with E-state index in [0.717, 1.165) is 50.9 Å². The highest BCUT2D eigenvalue weighted by atomic mass is 19.1. The van der Waals surface area contributed by atoms with Crippen LogP contribution in [0.25, 0.3) is 0 Å². The predicted octanol–water partition coefficient (Wildman–Crippen LogP) is 5.93. The molecule has 1 saturated heterocycles. The fraction of sp³-hybridized carbons (Fsp3) is 0.697. The summed E-state index contributed by atoms with van der Waals surface area (Å²) in [5.41, 5.74) is 4.36. The lowest BCUT2D eigenvalue weighted by atomic mass is 9.75. The van der Waals surface area contributed by atoms with E-state index in [2.05, 4.69) is 56.4 Å². The summed E-state index contributed by atoms with van der Waals surface area (Å²) in [5.74, 6) is -0.942. The van der Waals surface area contributed by atoms with Crippen molar-refractivity contribution in [1.82, 2.24) is 20.0 Å². The van der Waals surface area contributed by atoms with Crippen molar-refractivity contribution in [3.05, 3.63) is 52.6 Å². The minimum Gasteiger partial charge on any atom is -0.480 e. The average molecular weight is 553 g/mol. The smallest absolute Gasteiger partial charge is 0.323 e. The highest BCUT2D eigenvalue weighted by Crippen LogP contribution is 2.51. The first kappa shape index (κ1) is 29.2. The van der Waals surface area contributed by atoms with Crippen LogP contribution in [0.3, 0.4) is 0 Å². The molecule has 5 rings (SSSR count). The van der Waals surface area contributed by atoms with E-state index in [9.17, 15) is 14.3 Å². The Labute approximate surface area is 239 Å².